The molecule has 2 aromatic rings. The topological polar surface area (TPSA) is 107 Å². The van der Waals surface area contributed by atoms with Crippen molar-refractivity contribution >= 4 is 27.3 Å². The molecule has 0 aliphatic heterocycles. The van der Waals surface area contributed by atoms with Gasteiger partial charge in [0.05, 0.1) is 16.1 Å². The summed E-state index contributed by atoms with van der Waals surface area (Å²) in [6.07, 6.45) is 3.58. The van der Waals surface area contributed by atoms with Crippen LogP contribution in [0.15, 0.2) is 41.6 Å². The number of para-hydroxylation sites is 1. The van der Waals surface area contributed by atoms with Crippen molar-refractivity contribution in [2.24, 2.45) is 0 Å². The van der Waals surface area contributed by atoms with E-state index in [1.807, 2.05) is 0 Å². The Morgan fingerprint density at radius 1 is 1.36 bits per heavy atom. The molecule has 0 aliphatic carbocycles. The van der Waals surface area contributed by atoms with Crippen molar-refractivity contribution in [2.75, 3.05) is 6.54 Å². The summed E-state index contributed by atoms with van der Waals surface area (Å²) in [4.78, 5) is 9.81. The number of halogens is 1. The molecule has 0 bridgehead atoms. The first kappa shape index (κ1) is 16.4. The molecule has 0 spiro atoms. The first-order chi connectivity index (χ1) is 10.4. The molecule has 22 heavy (non-hydrogen) atoms. The van der Waals surface area contributed by atoms with Crippen LogP contribution in [0.5, 0.6) is 0 Å². The van der Waals surface area contributed by atoms with E-state index in [-0.39, 0.29) is 11.4 Å². The third-order valence-electron chi connectivity index (χ3n) is 2.81. The largest absolute Gasteiger partial charge is 0.289 e. The monoisotopic (exact) mass is 344 g/mol. The molecule has 1 heterocycles. The van der Waals surface area contributed by atoms with Gasteiger partial charge in [0.25, 0.3) is 5.69 Å². The number of hydrogen-bond acceptors (Lipinski definition) is 5. The van der Waals surface area contributed by atoms with Crippen molar-refractivity contribution in [1.82, 2.24) is 14.5 Å². The van der Waals surface area contributed by atoms with Crippen LogP contribution in [0.4, 0.5) is 5.69 Å². The summed E-state index contributed by atoms with van der Waals surface area (Å²) >= 11 is 5.71. The van der Waals surface area contributed by atoms with Crippen LogP contribution >= 0.6 is 11.6 Å². The SMILES string of the molecule is O=[N+]([O-])c1ccccc1S(=O)(=O)NCCCn1cc(Cl)cn1. The number of rotatable bonds is 7. The van der Waals surface area contributed by atoms with Crippen molar-refractivity contribution in [1.29, 1.82) is 0 Å². The van der Waals surface area contributed by atoms with Crippen molar-refractivity contribution in [3.05, 3.63) is 51.8 Å². The molecule has 0 aliphatic rings. The van der Waals surface area contributed by atoms with E-state index in [9.17, 15) is 18.5 Å². The van der Waals surface area contributed by atoms with E-state index in [0.29, 0.717) is 18.0 Å². The molecule has 0 radical (unpaired) electrons. The Bertz CT molecular complexity index is 775. The van der Waals surface area contributed by atoms with Gasteiger partial charge in [0.15, 0.2) is 4.90 Å². The molecule has 1 N–H and O–H groups in total. The molecule has 0 saturated heterocycles. The van der Waals surface area contributed by atoms with Gasteiger partial charge in [-0.2, -0.15) is 5.10 Å². The van der Waals surface area contributed by atoms with Crippen LogP contribution in [0.3, 0.4) is 0 Å². The highest BCUT2D eigenvalue weighted by Gasteiger charge is 2.24. The first-order valence-electron chi connectivity index (χ1n) is 6.31. The fraction of sp³-hybridized carbons (Fsp3) is 0.250. The number of sulfonamides is 1. The number of nitrogens with zero attached hydrogens (tertiary/aromatic N) is 3. The highest BCUT2D eigenvalue weighted by Crippen LogP contribution is 2.22. The lowest BCUT2D eigenvalue weighted by atomic mass is 10.3. The second-order valence-corrected chi connectivity index (χ2v) is 6.57. The van der Waals surface area contributed by atoms with E-state index in [2.05, 4.69) is 9.82 Å². The number of hydrogen-bond donors (Lipinski definition) is 1. The van der Waals surface area contributed by atoms with E-state index >= 15 is 0 Å². The molecular formula is C12H13ClN4O4S. The molecule has 1 aromatic carbocycles. The van der Waals surface area contributed by atoms with Gasteiger partial charge < -0.3 is 0 Å². The third kappa shape index (κ3) is 4.03. The Balaban J connectivity index is 1.98. The average Bonchev–Trinajstić information content (AvgIpc) is 2.89. The van der Waals surface area contributed by atoms with Crippen LogP contribution in [0.1, 0.15) is 6.42 Å². The summed E-state index contributed by atoms with van der Waals surface area (Å²) in [6.45, 7) is 0.609. The number of nitrogens with one attached hydrogen (secondary N) is 1. The maximum atomic E-state index is 12.1. The second kappa shape index (κ2) is 6.86. The molecule has 0 amide bonds. The maximum absolute atomic E-state index is 12.1. The van der Waals surface area contributed by atoms with Crippen molar-refractivity contribution in [3.8, 4) is 0 Å². The van der Waals surface area contributed by atoms with Crippen LogP contribution in [0, 0.1) is 10.1 Å². The van der Waals surface area contributed by atoms with Crippen LogP contribution in [0.2, 0.25) is 5.02 Å². The number of nitro groups is 1. The lowest BCUT2D eigenvalue weighted by Gasteiger charge is -2.07. The minimum absolute atomic E-state index is 0.131. The Morgan fingerprint density at radius 2 is 2.09 bits per heavy atom. The summed E-state index contributed by atoms with van der Waals surface area (Å²) in [7, 11) is -3.93. The lowest BCUT2D eigenvalue weighted by Crippen LogP contribution is -2.26. The van der Waals surface area contributed by atoms with E-state index in [1.165, 1.54) is 24.4 Å². The van der Waals surface area contributed by atoms with E-state index in [0.717, 1.165) is 6.07 Å². The summed E-state index contributed by atoms with van der Waals surface area (Å²) in [5, 5.41) is 15.3. The smallest absolute Gasteiger partial charge is 0.271 e. The molecule has 0 unspecified atom stereocenters. The molecular weight excluding hydrogens is 332 g/mol. The maximum Gasteiger partial charge on any atom is 0.289 e. The van der Waals surface area contributed by atoms with Gasteiger partial charge in [-0.1, -0.05) is 23.7 Å². The predicted octanol–water partition coefficient (Wildman–Crippen LogP) is 1.81. The van der Waals surface area contributed by atoms with Crippen molar-refractivity contribution in [3.63, 3.8) is 0 Å². The van der Waals surface area contributed by atoms with Crippen LogP contribution in [-0.2, 0) is 16.6 Å². The Kier molecular flexibility index (Phi) is 5.11. The molecule has 8 nitrogen and oxygen atoms in total. The van der Waals surface area contributed by atoms with Crippen LogP contribution in [-0.4, -0.2) is 29.7 Å². The fourth-order valence-corrected chi connectivity index (χ4v) is 3.22. The summed E-state index contributed by atoms with van der Waals surface area (Å²) < 4.78 is 28.2. The van der Waals surface area contributed by atoms with Crippen molar-refractivity contribution < 1.29 is 13.3 Å². The van der Waals surface area contributed by atoms with Gasteiger partial charge in [0.2, 0.25) is 10.0 Å². The van der Waals surface area contributed by atoms with Gasteiger partial charge in [0, 0.05) is 25.4 Å². The third-order valence-corrected chi connectivity index (χ3v) is 4.51. The molecule has 1 aromatic heterocycles. The molecule has 0 fully saturated rings. The molecule has 0 atom stereocenters. The van der Waals surface area contributed by atoms with Crippen LogP contribution < -0.4 is 4.72 Å². The number of aromatic nitrogens is 2. The average molecular weight is 345 g/mol. The first-order valence-corrected chi connectivity index (χ1v) is 8.17. The zero-order chi connectivity index (χ0) is 16.2. The zero-order valence-corrected chi connectivity index (χ0v) is 12.9. The van der Waals surface area contributed by atoms with Gasteiger partial charge in [0.1, 0.15) is 0 Å². The molecule has 10 heteroatoms. The molecule has 118 valence electrons. The number of aryl methyl sites for hydroxylation is 1. The Morgan fingerprint density at radius 3 is 2.73 bits per heavy atom. The lowest BCUT2D eigenvalue weighted by molar-refractivity contribution is -0.387. The summed E-state index contributed by atoms with van der Waals surface area (Å²) in [5.74, 6) is 0. The predicted molar refractivity (Wildman–Crippen MR) is 80.1 cm³/mol. The number of benzene rings is 1. The van der Waals surface area contributed by atoms with Gasteiger partial charge in [-0.15, -0.1) is 0 Å². The summed E-state index contributed by atoms with van der Waals surface area (Å²) in [5.41, 5.74) is -0.450. The van der Waals surface area contributed by atoms with Gasteiger partial charge in [-0.25, -0.2) is 13.1 Å². The summed E-state index contributed by atoms with van der Waals surface area (Å²) in [6, 6.07) is 5.21. The van der Waals surface area contributed by atoms with Gasteiger partial charge >= 0.3 is 0 Å². The Labute approximate surface area is 131 Å². The normalized spacial score (nSPS) is 11.5. The van der Waals surface area contributed by atoms with Crippen LogP contribution in [0.25, 0.3) is 0 Å². The second-order valence-electron chi connectivity index (χ2n) is 4.40. The molecule has 2 rings (SSSR count). The van der Waals surface area contributed by atoms with Crippen molar-refractivity contribution in [2.45, 2.75) is 17.9 Å². The van der Waals surface area contributed by atoms with E-state index in [1.54, 1.807) is 10.9 Å². The Hall–Kier alpha value is -1.97. The molecule has 0 saturated carbocycles. The van der Waals surface area contributed by atoms with Gasteiger partial charge in [-0.3, -0.25) is 14.8 Å². The quantitative estimate of drug-likeness (QED) is 0.468. The minimum atomic E-state index is -3.93. The fourth-order valence-electron chi connectivity index (χ4n) is 1.82. The highest BCUT2D eigenvalue weighted by atomic mass is 35.5. The van der Waals surface area contributed by atoms with E-state index < -0.39 is 20.6 Å². The standard InChI is InChI=1S/C12H13ClN4O4S/c13-10-8-14-16(9-10)7-3-6-15-22(20,21)12-5-2-1-4-11(12)17(18)19/h1-2,4-5,8-9,15H,3,6-7H2. The zero-order valence-electron chi connectivity index (χ0n) is 11.3. The minimum Gasteiger partial charge on any atom is -0.271 e. The van der Waals surface area contributed by atoms with Gasteiger partial charge in [-0.05, 0) is 12.5 Å². The van der Waals surface area contributed by atoms with E-state index in [4.69, 9.17) is 11.6 Å². The number of nitro benzene ring substituents is 1. The highest BCUT2D eigenvalue weighted by molar-refractivity contribution is 7.89.